The van der Waals surface area contributed by atoms with Gasteiger partial charge in [0.15, 0.2) is 12.4 Å². The number of nitrogens with zero attached hydrogens (tertiary/aromatic N) is 4. The molecule has 0 spiro atoms. The molecule has 0 N–H and O–H groups in total. The van der Waals surface area contributed by atoms with Crippen molar-refractivity contribution in [3.8, 4) is 17.0 Å². The summed E-state index contributed by atoms with van der Waals surface area (Å²) in [6.45, 7) is 7.01. The van der Waals surface area contributed by atoms with Crippen molar-refractivity contribution in [2.24, 2.45) is 0 Å². The van der Waals surface area contributed by atoms with Crippen LogP contribution in [-0.4, -0.2) is 53.8 Å². The number of piperazine rings is 1. The van der Waals surface area contributed by atoms with Crippen LogP contribution in [0.3, 0.4) is 0 Å². The van der Waals surface area contributed by atoms with E-state index in [9.17, 15) is 4.79 Å². The molecule has 160 valence electrons. The van der Waals surface area contributed by atoms with Gasteiger partial charge in [-0.25, -0.2) is 0 Å². The Labute approximate surface area is 183 Å². The summed E-state index contributed by atoms with van der Waals surface area (Å²) in [5.41, 5.74) is 4.40. The van der Waals surface area contributed by atoms with Crippen molar-refractivity contribution < 1.29 is 9.53 Å². The number of amides is 1. The number of carbonyl (C=O) groups is 1. The third-order valence-corrected chi connectivity index (χ3v) is 5.65. The third kappa shape index (κ3) is 5.20. The fourth-order valence-corrected chi connectivity index (χ4v) is 3.61. The molecular weight excluding hydrogens is 388 g/mol. The van der Waals surface area contributed by atoms with Crippen LogP contribution in [0.1, 0.15) is 18.1 Å². The summed E-state index contributed by atoms with van der Waals surface area (Å²) in [6, 6.07) is 20.2. The highest BCUT2D eigenvalue weighted by Crippen LogP contribution is 2.20. The molecule has 1 saturated heterocycles. The molecule has 0 aliphatic carbocycles. The number of benzene rings is 2. The first kappa shape index (κ1) is 20.8. The maximum Gasteiger partial charge on any atom is 0.260 e. The van der Waals surface area contributed by atoms with E-state index in [-0.39, 0.29) is 12.5 Å². The largest absolute Gasteiger partial charge is 0.484 e. The smallest absolute Gasteiger partial charge is 0.260 e. The van der Waals surface area contributed by atoms with Crippen LogP contribution in [0.4, 0.5) is 5.82 Å². The van der Waals surface area contributed by atoms with Crippen LogP contribution < -0.4 is 9.64 Å². The fraction of sp³-hybridized carbons (Fsp3) is 0.320. The van der Waals surface area contributed by atoms with Crippen LogP contribution in [0.2, 0.25) is 0 Å². The number of aromatic nitrogens is 2. The predicted molar refractivity (Wildman–Crippen MR) is 122 cm³/mol. The number of hydrogen-bond donors (Lipinski definition) is 0. The van der Waals surface area contributed by atoms with Gasteiger partial charge in [-0.15, -0.1) is 10.2 Å². The summed E-state index contributed by atoms with van der Waals surface area (Å²) in [5, 5.41) is 8.80. The van der Waals surface area contributed by atoms with Gasteiger partial charge in [0.2, 0.25) is 0 Å². The van der Waals surface area contributed by atoms with Crippen LogP contribution in [0, 0.1) is 6.92 Å². The van der Waals surface area contributed by atoms with E-state index in [1.165, 1.54) is 11.1 Å². The lowest BCUT2D eigenvalue weighted by atomic mass is 10.1. The normalized spacial score (nSPS) is 13.9. The van der Waals surface area contributed by atoms with Gasteiger partial charge in [-0.2, -0.15) is 0 Å². The number of aryl methyl sites for hydroxylation is 2. The minimum absolute atomic E-state index is 0.0139. The minimum atomic E-state index is 0.0139. The molecule has 1 aliphatic heterocycles. The van der Waals surface area contributed by atoms with Gasteiger partial charge in [0.25, 0.3) is 5.91 Å². The van der Waals surface area contributed by atoms with E-state index in [1.54, 1.807) is 0 Å². The zero-order chi connectivity index (χ0) is 21.6. The molecule has 1 aliphatic rings. The van der Waals surface area contributed by atoms with Crippen molar-refractivity contribution in [2.45, 2.75) is 20.3 Å². The molecule has 6 nitrogen and oxygen atoms in total. The number of rotatable bonds is 6. The van der Waals surface area contributed by atoms with Crippen LogP contribution in [0.5, 0.6) is 5.75 Å². The lowest BCUT2D eigenvalue weighted by Crippen LogP contribution is -2.50. The predicted octanol–water partition coefficient (Wildman–Crippen LogP) is 3.74. The van der Waals surface area contributed by atoms with Crippen molar-refractivity contribution in [1.29, 1.82) is 0 Å². The van der Waals surface area contributed by atoms with Crippen LogP contribution in [0.15, 0.2) is 60.7 Å². The average molecular weight is 417 g/mol. The Balaban J connectivity index is 1.27. The van der Waals surface area contributed by atoms with E-state index >= 15 is 0 Å². The van der Waals surface area contributed by atoms with E-state index in [0.29, 0.717) is 13.1 Å². The van der Waals surface area contributed by atoms with Gasteiger partial charge < -0.3 is 14.5 Å². The molecule has 1 aromatic heterocycles. The molecule has 0 atom stereocenters. The molecule has 1 amide bonds. The number of ether oxygens (including phenoxy) is 1. The molecule has 0 saturated carbocycles. The average Bonchev–Trinajstić information content (AvgIpc) is 2.83. The maximum atomic E-state index is 12.5. The van der Waals surface area contributed by atoms with Crippen molar-refractivity contribution in [1.82, 2.24) is 15.1 Å². The molecular formula is C25H28N4O2. The summed E-state index contributed by atoms with van der Waals surface area (Å²) >= 11 is 0. The van der Waals surface area contributed by atoms with Crippen molar-refractivity contribution in [3.63, 3.8) is 0 Å². The molecule has 0 radical (unpaired) electrons. The highest BCUT2D eigenvalue weighted by atomic mass is 16.5. The molecule has 0 unspecified atom stereocenters. The van der Waals surface area contributed by atoms with Gasteiger partial charge in [-0.3, -0.25) is 4.79 Å². The third-order valence-electron chi connectivity index (χ3n) is 5.65. The maximum absolute atomic E-state index is 12.5. The van der Waals surface area contributed by atoms with E-state index in [4.69, 9.17) is 4.74 Å². The summed E-state index contributed by atoms with van der Waals surface area (Å²) in [4.78, 5) is 16.5. The zero-order valence-electron chi connectivity index (χ0n) is 18.1. The first-order valence-corrected chi connectivity index (χ1v) is 10.8. The van der Waals surface area contributed by atoms with Crippen molar-refractivity contribution >= 4 is 11.7 Å². The minimum Gasteiger partial charge on any atom is -0.484 e. The quantitative estimate of drug-likeness (QED) is 0.613. The van der Waals surface area contributed by atoms with Gasteiger partial charge in [0.05, 0.1) is 5.69 Å². The Bertz CT molecular complexity index is 993. The molecule has 3 aromatic rings. The topological polar surface area (TPSA) is 58.6 Å². The second-order valence-corrected chi connectivity index (χ2v) is 7.80. The molecule has 6 heteroatoms. The first-order chi connectivity index (χ1) is 15.1. The Morgan fingerprint density at radius 2 is 1.61 bits per heavy atom. The highest BCUT2D eigenvalue weighted by Gasteiger charge is 2.22. The van der Waals surface area contributed by atoms with E-state index < -0.39 is 0 Å². The standard InChI is InChI=1S/C25H28N4O2/c1-3-20-6-10-22(11-7-20)31-18-25(30)29-16-14-28(15-17-29)24-13-12-23(26-27-24)21-8-4-19(2)5-9-21/h4-13H,3,14-18H2,1-2H3. The van der Waals surface area contributed by atoms with E-state index in [1.807, 2.05) is 41.3 Å². The first-order valence-electron chi connectivity index (χ1n) is 10.8. The number of hydrogen-bond acceptors (Lipinski definition) is 5. The SMILES string of the molecule is CCc1ccc(OCC(=O)N2CCN(c3ccc(-c4ccc(C)cc4)nn3)CC2)cc1. The second kappa shape index (κ2) is 9.60. The molecule has 2 aromatic carbocycles. The number of carbonyl (C=O) groups excluding carboxylic acids is 1. The molecule has 4 rings (SSSR count). The molecule has 0 bridgehead atoms. The van der Waals surface area contributed by atoms with Crippen molar-refractivity contribution in [2.75, 3.05) is 37.7 Å². The number of anilines is 1. The Morgan fingerprint density at radius 1 is 0.903 bits per heavy atom. The lowest BCUT2D eigenvalue weighted by Gasteiger charge is -2.35. The summed E-state index contributed by atoms with van der Waals surface area (Å²) < 4.78 is 5.67. The van der Waals surface area contributed by atoms with Crippen LogP contribution in [-0.2, 0) is 11.2 Å². The monoisotopic (exact) mass is 416 g/mol. The lowest BCUT2D eigenvalue weighted by molar-refractivity contribution is -0.133. The Kier molecular flexibility index (Phi) is 6.46. The summed E-state index contributed by atoms with van der Waals surface area (Å²) in [6.07, 6.45) is 0.989. The zero-order valence-corrected chi connectivity index (χ0v) is 18.1. The van der Waals surface area contributed by atoms with E-state index in [0.717, 1.165) is 42.3 Å². The van der Waals surface area contributed by atoms with Crippen LogP contribution >= 0.6 is 0 Å². The van der Waals surface area contributed by atoms with E-state index in [2.05, 4.69) is 53.2 Å². The highest BCUT2D eigenvalue weighted by molar-refractivity contribution is 5.78. The molecule has 2 heterocycles. The van der Waals surface area contributed by atoms with Gasteiger partial charge >= 0.3 is 0 Å². The van der Waals surface area contributed by atoms with Gasteiger partial charge in [-0.05, 0) is 43.2 Å². The second-order valence-electron chi connectivity index (χ2n) is 7.80. The summed E-state index contributed by atoms with van der Waals surface area (Å²) in [7, 11) is 0. The fourth-order valence-electron chi connectivity index (χ4n) is 3.61. The Morgan fingerprint density at radius 3 is 2.23 bits per heavy atom. The van der Waals surface area contributed by atoms with Crippen LogP contribution in [0.25, 0.3) is 11.3 Å². The van der Waals surface area contributed by atoms with Gasteiger partial charge in [0.1, 0.15) is 5.75 Å². The summed E-state index contributed by atoms with van der Waals surface area (Å²) in [5.74, 6) is 1.59. The van der Waals surface area contributed by atoms with Gasteiger partial charge in [0, 0.05) is 31.7 Å². The van der Waals surface area contributed by atoms with Crippen molar-refractivity contribution in [3.05, 3.63) is 71.8 Å². The Hall–Kier alpha value is -3.41. The van der Waals surface area contributed by atoms with Gasteiger partial charge in [-0.1, -0.05) is 48.9 Å². The molecule has 31 heavy (non-hydrogen) atoms. The molecule has 1 fully saturated rings.